The zero-order valence-corrected chi connectivity index (χ0v) is 22.1. The number of hydrogen-bond acceptors (Lipinski definition) is 6. The van der Waals surface area contributed by atoms with E-state index in [1.807, 2.05) is 31.2 Å². The minimum absolute atomic E-state index is 0.0405. The summed E-state index contributed by atoms with van der Waals surface area (Å²) in [5, 5.41) is 8.59. The number of guanidine groups is 1. The molecule has 0 aliphatic carbocycles. The van der Waals surface area contributed by atoms with Crippen LogP contribution < -0.4 is 38.9 Å². The molecule has 0 saturated carbocycles. The highest BCUT2D eigenvalue weighted by atomic mass is 16.2. The Morgan fingerprint density at radius 1 is 0.838 bits per heavy atom. The van der Waals surface area contributed by atoms with E-state index in [1.165, 1.54) is 0 Å². The Bertz CT molecular complexity index is 858. The summed E-state index contributed by atoms with van der Waals surface area (Å²) >= 11 is 0. The molecular formula is C26H46N8O3. The van der Waals surface area contributed by atoms with Crippen LogP contribution in [0, 0.1) is 6.92 Å². The minimum atomic E-state index is -0.757. The second-order valence-corrected chi connectivity index (χ2v) is 9.16. The van der Waals surface area contributed by atoms with E-state index >= 15 is 0 Å². The van der Waals surface area contributed by atoms with Gasteiger partial charge in [-0.05, 0) is 82.5 Å². The molecule has 1 rings (SSSR count). The lowest BCUT2D eigenvalue weighted by Crippen LogP contribution is -2.54. The Labute approximate surface area is 220 Å². The van der Waals surface area contributed by atoms with E-state index in [-0.39, 0.29) is 30.1 Å². The summed E-state index contributed by atoms with van der Waals surface area (Å²) in [6.45, 7) is 3.87. The average Bonchev–Trinajstić information content (AvgIpc) is 2.86. The molecule has 2 atom stereocenters. The maximum absolute atomic E-state index is 13.2. The van der Waals surface area contributed by atoms with Crippen molar-refractivity contribution in [2.75, 3.05) is 26.2 Å². The maximum atomic E-state index is 13.2. The average molecular weight is 519 g/mol. The molecule has 0 heterocycles. The number of nitrogens with one attached hydrogen (secondary N) is 3. The molecule has 0 unspecified atom stereocenters. The van der Waals surface area contributed by atoms with Crippen LogP contribution in [0.25, 0.3) is 0 Å². The molecule has 37 heavy (non-hydrogen) atoms. The molecule has 0 saturated heterocycles. The van der Waals surface area contributed by atoms with Crippen molar-refractivity contribution < 1.29 is 14.4 Å². The Balaban J connectivity index is 2.78. The van der Waals surface area contributed by atoms with Crippen LogP contribution in [-0.2, 0) is 20.8 Å². The maximum Gasteiger partial charge on any atom is 0.243 e. The number of carbonyl (C=O) groups excluding carboxylic acids is 3. The minimum Gasteiger partial charge on any atom is -0.370 e. The van der Waals surface area contributed by atoms with Crippen molar-refractivity contribution in [3.8, 4) is 0 Å². The zero-order valence-electron chi connectivity index (χ0n) is 22.1. The molecule has 0 fully saturated rings. The molecule has 0 spiro atoms. The third kappa shape index (κ3) is 14.2. The first-order valence-electron chi connectivity index (χ1n) is 13.2. The number of aliphatic imine (C=N–C) groups is 1. The van der Waals surface area contributed by atoms with Crippen molar-refractivity contribution in [1.29, 1.82) is 0 Å². The van der Waals surface area contributed by atoms with Crippen molar-refractivity contribution >= 4 is 23.7 Å². The van der Waals surface area contributed by atoms with Crippen molar-refractivity contribution in [2.45, 2.75) is 76.8 Å². The van der Waals surface area contributed by atoms with Gasteiger partial charge >= 0.3 is 0 Å². The summed E-state index contributed by atoms with van der Waals surface area (Å²) < 4.78 is 0. The van der Waals surface area contributed by atoms with Crippen molar-refractivity contribution in [3.05, 3.63) is 35.4 Å². The van der Waals surface area contributed by atoms with Gasteiger partial charge in [0.15, 0.2) is 5.96 Å². The van der Waals surface area contributed by atoms with Crippen molar-refractivity contribution in [1.82, 2.24) is 16.0 Å². The summed E-state index contributed by atoms with van der Waals surface area (Å²) in [6, 6.07) is 6.16. The van der Waals surface area contributed by atoms with Crippen LogP contribution in [0.2, 0.25) is 0 Å². The molecule has 0 aliphatic rings. The van der Waals surface area contributed by atoms with E-state index in [0.29, 0.717) is 58.3 Å². The smallest absolute Gasteiger partial charge is 0.243 e. The van der Waals surface area contributed by atoms with Gasteiger partial charge in [0.25, 0.3) is 0 Å². The molecule has 11 N–H and O–H groups in total. The van der Waals surface area contributed by atoms with Crippen molar-refractivity contribution in [2.24, 2.45) is 27.9 Å². The lowest BCUT2D eigenvalue weighted by atomic mass is 10.0. The summed E-state index contributed by atoms with van der Waals surface area (Å²) in [7, 11) is 0. The predicted molar refractivity (Wildman–Crippen MR) is 147 cm³/mol. The molecule has 0 aromatic heterocycles. The number of nitrogens with zero attached hydrogens (tertiary/aromatic N) is 1. The first-order valence-corrected chi connectivity index (χ1v) is 13.2. The second-order valence-electron chi connectivity index (χ2n) is 9.16. The SMILES string of the molecule is Cc1ccccc1CC(=O)N[C@@H](CCCCN)C(=O)N[C@@H](CCCCN)C(=O)NCCCCN=C(N)N. The number of amides is 3. The molecule has 3 amide bonds. The van der Waals surface area contributed by atoms with E-state index in [0.717, 1.165) is 30.4 Å². The van der Waals surface area contributed by atoms with Gasteiger partial charge in [0.05, 0.1) is 6.42 Å². The predicted octanol–water partition coefficient (Wildman–Crippen LogP) is -0.0651. The largest absolute Gasteiger partial charge is 0.370 e. The highest BCUT2D eigenvalue weighted by Gasteiger charge is 2.26. The normalized spacial score (nSPS) is 12.3. The van der Waals surface area contributed by atoms with Crippen LogP contribution >= 0.6 is 0 Å². The molecule has 1 aromatic rings. The van der Waals surface area contributed by atoms with Gasteiger partial charge in [0.1, 0.15) is 12.1 Å². The number of aryl methyl sites for hydroxylation is 1. The summed E-state index contributed by atoms with van der Waals surface area (Å²) in [5.74, 6) is -0.846. The quantitative estimate of drug-likeness (QED) is 0.0753. The third-order valence-corrected chi connectivity index (χ3v) is 5.97. The molecule has 11 heteroatoms. The number of nitrogens with two attached hydrogens (primary N) is 4. The first kappa shape index (κ1) is 31.8. The van der Waals surface area contributed by atoms with E-state index in [2.05, 4.69) is 20.9 Å². The number of unbranched alkanes of at least 4 members (excludes halogenated alkanes) is 3. The fraction of sp³-hybridized carbons (Fsp3) is 0.615. The van der Waals surface area contributed by atoms with Crippen LogP contribution in [-0.4, -0.2) is 61.9 Å². The second kappa shape index (κ2) is 19.0. The van der Waals surface area contributed by atoms with Gasteiger partial charge in [-0.2, -0.15) is 0 Å². The van der Waals surface area contributed by atoms with Crippen LogP contribution in [0.15, 0.2) is 29.3 Å². The van der Waals surface area contributed by atoms with Gasteiger partial charge in [-0.15, -0.1) is 0 Å². The van der Waals surface area contributed by atoms with E-state index in [1.54, 1.807) is 0 Å². The van der Waals surface area contributed by atoms with E-state index in [9.17, 15) is 14.4 Å². The van der Waals surface area contributed by atoms with Gasteiger partial charge in [0, 0.05) is 13.1 Å². The highest BCUT2D eigenvalue weighted by molar-refractivity contribution is 5.92. The summed E-state index contributed by atoms with van der Waals surface area (Å²) in [6.07, 6.45) is 5.33. The monoisotopic (exact) mass is 518 g/mol. The number of hydrogen-bond donors (Lipinski definition) is 7. The topological polar surface area (TPSA) is 204 Å². The Hall–Kier alpha value is -3.18. The first-order chi connectivity index (χ1) is 17.8. The molecular weight excluding hydrogens is 472 g/mol. The lowest BCUT2D eigenvalue weighted by molar-refractivity contribution is -0.132. The zero-order chi connectivity index (χ0) is 27.5. The Morgan fingerprint density at radius 3 is 2.05 bits per heavy atom. The number of carbonyl (C=O) groups is 3. The molecule has 11 nitrogen and oxygen atoms in total. The van der Waals surface area contributed by atoms with Gasteiger partial charge in [0.2, 0.25) is 17.7 Å². The molecule has 0 radical (unpaired) electrons. The lowest BCUT2D eigenvalue weighted by Gasteiger charge is -2.23. The van der Waals surface area contributed by atoms with Gasteiger partial charge < -0.3 is 38.9 Å². The summed E-state index contributed by atoms with van der Waals surface area (Å²) in [4.78, 5) is 42.8. The van der Waals surface area contributed by atoms with Crippen LogP contribution in [0.4, 0.5) is 0 Å². The molecule has 208 valence electrons. The Kier molecular flexibility index (Phi) is 16.4. The Morgan fingerprint density at radius 2 is 1.46 bits per heavy atom. The fourth-order valence-corrected chi connectivity index (χ4v) is 3.80. The van der Waals surface area contributed by atoms with Crippen LogP contribution in [0.3, 0.4) is 0 Å². The fourth-order valence-electron chi connectivity index (χ4n) is 3.80. The third-order valence-electron chi connectivity index (χ3n) is 5.97. The van der Waals surface area contributed by atoms with Gasteiger partial charge in [-0.3, -0.25) is 19.4 Å². The van der Waals surface area contributed by atoms with E-state index in [4.69, 9.17) is 22.9 Å². The van der Waals surface area contributed by atoms with Crippen LogP contribution in [0.1, 0.15) is 62.5 Å². The van der Waals surface area contributed by atoms with Gasteiger partial charge in [-0.1, -0.05) is 24.3 Å². The summed E-state index contributed by atoms with van der Waals surface area (Å²) in [5.41, 5.74) is 23.8. The number of benzene rings is 1. The van der Waals surface area contributed by atoms with Crippen molar-refractivity contribution in [3.63, 3.8) is 0 Å². The van der Waals surface area contributed by atoms with E-state index < -0.39 is 12.1 Å². The highest BCUT2D eigenvalue weighted by Crippen LogP contribution is 2.09. The number of rotatable bonds is 19. The van der Waals surface area contributed by atoms with Gasteiger partial charge in [-0.25, -0.2) is 0 Å². The molecule has 0 aliphatic heterocycles. The molecule has 1 aromatic carbocycles. The molecule has 0 bridgehead atoms. The van der Waals surface area contributed by atoms with Crippen LogP contribution in [0.5, 0.6) is 0 Å². The standard InChI is InChI=1S/C26H46N8O3/c1-19-10-2-3-11-20(19)18-23(35)33-22(13-5-7-15-28)25(37)34-21(12-4-6-14-27)24(36)31-16-8-9-17-32-26(29)30/h2-3,10-11,21-22H,4-9,12-18,27-28H2,1H3,(H,31,36)(H,33,35)(H,34,37)(H4,29,30,32)/t21-,22-/m0/s1.